The van der Waals surface area contributed by atoms with Gasteiger partial charge in [0.2, 0.25) is 0 Å². The quantitative estimate of drug-likeness (QED) is 0.727. The van der Waals surface area contributed by atoms with E-state index in [-0.39, 0.29) is 5.91 Å². The standard InChI is InChI=1S/C22H27ClN2O3/c1-4-28-21-8-6-17(13-18(21)15-27-3)22(26)25-11-9-24(10-12-25)20-14-19(23)7-5-16(20)2/h5-8,13-14H,4,9-12,15H2,1-3H3. The molecule has 6 heteroatoms. The van der Waals surface area contributed by atoms with E-state index in [1.807, 2.05) is 48.2 Å². The van der Waals surface area contributed by atoms with Crippen LogP contribution in [0.4, 0.5) is 5.69 Å². The number of anilines is 1. The lowest BCUT2D eigenvalue weighted by molar-refractivity contribution is 0.0746. The second-order valence-corrected chi connectivity index (χ2v) is 7.34. The topological polar surface area (TPSA) is 42.0 Å². The van der Waals surface area contributed by atoms with Crippen molar-refractivity contribution >= 4 is 23.2 Å². The molecule has 3 rings (SSSR count). The largest absolute Gasteiger partial charge is 0.494 e. The normalized spacial score (nSPS) is 14.3. The lowest BCUT2D eigenvalue weighted by Gasteiger charge is -2.37. The number of carbonyl (C=O) groups is 1. The summed E-state index contributed by atoms with van der Waals surface area (Å²) in [5.74, 6) is 0.810. The first-order chi connectivity index (χ1) is 13.5. The second-order valence-electron chi connectivity index (χ2n) is 6.90. The average molecular weight is 403 g/mol. The molecule has 0 radical (unpaired) electrons. The van der Waals surface area contributed by atoms with Crippen molar-refractivity contribution in [3.63, 3.8) is 0 Å². The van der Waals surface area contributed by atoms with Crippen LogP contribution < -0.4 is 9.64 Å². The number of piperazine rings is 1. The van der Waals surface area contributed by atoms with Crippen molar-refractivity contribution in [3.05, 3.63) is 58.1 Å². The van der Waals surface area contributed by atoms with Crippen molar-refractivity contribution in [2.75, 3.05) is 44.8 Å². The fraction of sp³-hybridized carbons (Fsp3) is 0.409. The molecular formula is C22H27ClN2O3. The van der Waals surface area contributed by atoms with Crippen molar-refractivity contribution in [2.24, 2.45) is 0 Å². The summed E-state index contributed by atoms with van der Waals surface area (Å²) in [5, 5.41) is 0.735. The van der Waals surface area contributed by atoms with Gasteiger partial charge in [-0.2, -0.15) is 0 Å². The van der Waals surface area contributed by atoms with Crippen LogP contribution in [0.5, 0.6) is 5.75 Å². The zero-order valence-electron chi connectivity index (χ0n) is 16.7. The Bertz CT molecular complexity index is 833. The van der Waals surface area contributed by atoms with Crippen molar-refractivity contribution in [2.45, 2.75) is 20.5 Å². The van der Waals surface area contributed by atoms with Gasteiger partial charge in [-0.25, -0.2) is 0 Å². The molecule has 1 saturated heterocycles. The van der Waals surface area contributed by atoms with Crippen LogP contribution in [-0.4, -0.2) is 50.7 Å². The summed E-state index contributed by atoms with van der Waals surface area (Å²) in [6.07, 6.45) is 0. The Morgan fingerprint density at radius 3 is 2.54 bits per heavy atom. The van der Waals surface area contributed by atoms with Gasteiger partial charge in [0.25, 0.3) is 5.91 Å². The molecule has 0 unspecified atom stereocenters. The molecule has 1 fully saturated rings. The zero-order chi connectivity index (χ0) is 20.1. The maximum Gasteiger partial charge on any atom is 0.253 e. The maximum absolute atomic E-state index is 13.0. The highest BCUT2D eigenvalue weighted by Gasteiger charge is 2.24. The Hall–Kier alpha value is -2.24. The fourth-order valence-corrected chi connectivity index (χ4v) is 3.70. The number of carbonyl (C=O) groups excluding carboxylic acids is 1. The number of nitrogens with zero attached hydrogens (tertiary/aromatic N) is 2. The minimum absolute atomic E-state index is 0.0443. The minimum atomic E-state index is 0.0443. The summed E-state index contributed by atoms with van der Waals surface area (Å²) in [6.45, 7) is 7.95. The Labute approximate surface area is 171 Å². The number of aryl methyl sites for hydroxylation is 1. The number of benzene rings is 2. The molecule has 2 aromatic carbocycles. The van der Waals surface area contributed by atoms with E-state index in [1.54, 1.807) is 7.11 Å². The monoisotopic (exact) mass is 402 g/mol. The fourth-order valence-electron chi connectivity index (χ4n) is 3.53. The molecule has 0 bridgehead atoms. The van der Waals surface area contributed by atoms with E-state index in [0.717, 1.165) is 35.1 Å². The van der Waals surface area contributed by atoms with Gasteiger partial charge >= 0.3 is 0 Å². The molecule has 1 aliphatic rings. The van der Waals surface area contributed by atoms with Crippen LogP contribution in [0.2, 0.25) is 5.02 Å². The highest BCUT2D eigenvalue weighted by Crippen LogP contribution is 2.26. The Morgan fingerprint density at radius 2 is 1.86 bits per heavy atom. The molecular weight excluding hydrogens is 376 g/mol. The first kappa shape index (κ1) is 20.5. The molecule has 0 saturated carbocycles. The molecule has 150 valence electrons. The van der Waals surface area contributed by atoms with E-state index >= 15 is 0 Å². The third-order valence-corrected chi connectivity index (χ3v) is 5.22. The van der Waals surface area contributed by atoms with Crippen LogP contribution in [0.3, 0.4) is 0 Å². The lowest BCUT2D eigenvalue weighted by atomic mass is 10.1. The number of methoxy groups -OCH3 is 1. The van der Waals surface area contributed by atoms with Gasteiger partial charge in [-0.15, -0.1) is 0 Å². The van der Waals surface area contributed by atoms with Gasteiger partial charge in [0, 0.05) is 55.1 Å². The number of amides is 1. The van der Waals surface area contributed by atoms with Gasteiger partial charge in [-0.05, 0) is 49.7 Å². The molecule has 0 N–H and O–H groups in total. The van der Waals surface area contributed by atoms with Crippen LogP contribution >= 0.6 is 11.6 Å². The molecule has 0 aromatic heterocycles. The van der Waals surface area contributed by atoms with Gasteiger partial charge in [0.1, 0.15) is 5.75 Å². The second kappa shape index (κ2) is 9.30. The first-order valence-electron chi connectivity index (χ1n) is 9.58. The van der Waals surface area contributed by atoms with Gasteiger partial charge in [-0.3, -0.25) is 4.79 Å². The molecule has 1 aliphatic heterocycles. The third-order valence-electron chi connectivity index (χ3n) is 4.99. The number of ether oxygens (including phenoxy) is 2. The van der Waals surface area contributed by atoms with Crippen LogP contribution in [-0.2, 0) is 11.3 Å². The molecule has 0 aliphatic carbocycles. The highest BCUT2D eigenvalue weighted by atomic mass is 35.5. The Morgan fingerprint density at radius 1 is 1.11 bits per heavy atom. The van der Waals surface area contributed by atoms with Crippen molar-refractivity contribution in [1.82, 2.24) is 4.90 Å². The summed E-state index contributed by atoms with van der Waals surface area (Å²) in [4.78, 5) is 17.2. The number of rotatable bonds is 6. The van der Waals surface area contributed by atoms with Crippen LogP contribution in [0.1, 0.15) is 28.4 Å². The van der Waals surface area contributed by atoms with Crippen LogP contribution in [0.15, 0.2) is 36.4 Å². The van der Waals surface area contributed by atoms with Crippen molar-refractivity contribution in [3.8, 4) is 5.75 Å². The van der Waals surface area contributed by atoms with Gasteiger partial charge < -0.3 is 19.3 Å². The van der Waals surface area contributed by atoms with E-state index in [0.29, 0.717) is 31.9 Å². The van der Waals surface area contributed by atoms with Crippen molar-refractivity contribution in [1.29, 1.82) is 0 Å². The summed E-state index contributed by atoms with van der Waals surface area (Å²) < 4.78 is 10.9. The van der Waals surface area contributed by atoms with Gasteiger partial charge in [0.05, 0.1) is 13.2 Å². The molecule has 0 atom stereocenters. The average Bonchev–Trinajstić information content (AvgIpc) is 2.71. The van der Waals surface area contributed by atoms with E-state index < -0.39 is 0 Å². The molecule has 2 aromatic rings. The SMILES string of the molecule is CCOc1ccc(C(=O)N2CCN(c3cc(Cl)ccc3C)CC2)cc1COC. The van der Waals surface area contributed by atoms with Crippen molar-refractivity contribution < 1.29 is 14.3 Å². The molecule has 28 heavy (non-hydrogen) atoms. The summed E-state index contributed by atoms with van der Waals surface area (Å²) in [5.41, 5.74) is 3.90. The smallest absolute Gasteiger partial charge is 0.253 e. The first-order valence-corrected chi connectivity index (χ1v) is 9.96. The van der Waals surface area contributed by atoms with Gasteiger partial charge in [-0.1, -0.05) is 17.7 Å². The Kier molecular flexibility index (Phi) is 6.81. The maximum atomic E-state index is 13.0. The van der Waals surface area contributed by atoms with E-state index in [2.05, 4.69) is 11.8 Å². The predicted octanol–water partition coefficient (Wildman–Crippen LogP) is 4.16. The number of hydrogen-bond acceptors (Lipinski definition) is 4. The molecule has 1 heterocycles. The minimum Gasteiger partial charge on any atom is -0.494 e. The highest BCUT2D eigenvalue weighted by molar-refractivity contribution is 6.30. The van der Waals surface area contributed by atoms with Crippen LogP contribution in [0, 0.1) is 6.92 Å². The summed E-state index contributed by atoms with van der Waals surface area (Å²) >= 11 is 6.16. The number of hydrogen-bond donors (Lipinski definition) is 0. The number of halogens is 1. The predicted molar refractivity (Wildman–Crippen MR) is 113 cm³/mol. The van der Waals surface area contributed by atoms with E-state index in [1.165, 1.54) is 5.56 Å². The molecule has 0 spiro atoms. The molecule has 5 nitrogen and oxygen atoms in total. The summed E-state index contributed by atoms with van der Waals surface area (Å²) in [6, 6.07) is 11.5. The van der Waals surface area contributed by atoms with Crippen LogP contribution in [0.25, 0.3) is 0 Å². The zero-order valence-corrected chi connectivity index (χ0v) is 17.5. The lowest BCUT2D eigenvalue weighted by Crippen LogP contribution is -2.49. The summed E-state index contributed by atoms with van der Waals surface area (Å²) in [7, 11) is 1.64. The van der Waals surface area contributed by atoms with E-state index in [9.17, 15) is 4.79 Å². The van der Waals surface area contributed by atoms with E-state index in [4.69, 9.17) is 21.1 Å². The Balaban J connectivity index is 1.69. The molecule has 1 amide bonds. The van der Waals surface area contributed by atoms with Gasteiger partial charge in [0.15, 0.2) is 0 Å². The third kappa shape index (κ3) is 4.59.